The maximum atomic E-state index is 13.7. The van der Waals surface area contributed by atoms with Gasteiger partial charge in [-0.2, -0.15) is 0 Å². The van der Waals surface area contributed by atoms with E-state index >= 15 is 0 Å². The molecule has 170 valence electrons. The summed E-state index contributed by atoms with van der Waals surface area (Å²) in [6.45, 7) is 4.51. The van der Waals surface area contributed by atoms with Crippen molar-refractivity contribution in [3.05, 3.63) is 77.1 Å². The molecule has 1 aliphatic carbocycles. The van der Waals surface area contributed by atoms with Gasteiger partial charge < -0.3 is 9.47 Å². The van der Waals surface area contributed by atoms with Crippen molar-refractivity contribution in [2.24, 2.45) is 5.92 Å². The van der Waals surface area contributed by atoms with Crippen LogP contribution in [0.2, 0.25) is 0 Å². The van der Waals surface area contributed by atoms with Gasteiger partial charge in [-0.1, -0.05) is 66.9 Å². The second-order valence-corrected chi connectivity index (χ2v) is 10.1. The van der Waals surface area contributed by atoms with E-state index in [1.54, 1.807) is 7.11 Å². The average Bonchev–Trinajstić information content (AvgIpc) is 3.33. The molecule has 1 fully saturated rings. The van der Waals surface area contributed by atoms with Crippen LogP contribution in [0.4, 0.5) is 10.5 Å². The van der Waals surface area contributed by atoms with E-state index in [9.17, 15) is 9.36 Å². The summed E-state index contributed by atoms with van der Waals surface area (Å²) < 4.78 is 25.0. The molecular weight excluding hydrogens is 421 g/mol. The highest BCUT2D eigenvalue weighted by Gasteiger charge is 2.41. The first-order valence-electron chi connectivity index (χ1n) is 11.3. The highest BCUT2D eigenvalue weighted by Crippen LogP contribution is 2.48. The maximum Gasteiger partial charge on any atom is 0.414 e. The van der Waals surface area contributed by atoms with E-state index in [0.717, 1.165) is 36.6 Å². The van der Waals surface area contributed by atoms with Crippen LogP contribution in [0.3, 0.4) is 0 Å². The lowest BCUT2D eigenvalue weighted by molar-refractivity contribution is 0.137. The molecule has 0 bridgehead atoms. The van der Waals surface area contributed by atoms with E-state index < -0.39 is 19.7 Å². The van der Waals surface area contributed by atoms with E-state index in [4.69, 9.17) is 9.47 Å². The summed E-state index contributed by atoms with van der Waals surface area (Å²) in [4.78, 5) is 14.6. The SMILES string of the molecule is COC(CN(C(=O)OCc1ccccc1)c1ccccc1)[P+](=O)C(=C1CCCC1)C(C)C. The quantitative estimate of drug-likeness (QED) is 0.379. The standard InChI is InChI=1S/C26H33NO4P/c1-20(2)25(22-14-10-11-15-22)32(29)24(30-3)18-27(23-16-8-5-9-17-23)26(28)31-19-21-12-6-4-7-13-21/h4-9,12-13,16-17,20,24H,10-11,14-15,18-19H2,1-3H3/q+1. The van der Waals surface area contributed by atoms with E-state index in [0.29, 0.717) is 5.69 Å². The zero-order chi connectivity index (χ0) is 22.9. The fourth-order valence-electron chi connectivity index (χ4n) is 4.12. The van der Waals surface area contributed by atoms with Gasteiger partial charge in [0.2, 0.25) is 0 Å². The van der Waals surface area contributed by atoms with Gasteiger partial charge in [0.15, 0.2) is 5.31 Å². The van der Waals surface area contributed by atoms with Crippen LogP contribution in [0.5, 0.6) is 0 Å². The molecule has 0 aliphatic heterocycles. The molecule has 1 amide bonds. The predicted molar refractivity (Wildman–Crippen MR) is 129 cm³/mol. The predicted octanol–water partition coefficient (Wildman–Crippen LogP) is 7.11. The highest BCUT2D eigenvalue weighted by molar-refractivity contribution is 7.50. The minimum absolute atomic E-state index is 0.160. The Bertz CT molecular complexity index is 919. The number of para-hydroxylation sites is 1. The van der Waals surface area contributed by atoms with Crippen molar-refractivity contribution in [1.29, 1.82) is 0 Å². The minimum Gasteiger partial charge on any atom is -0.444 e. The minimum atomic E-state index is -1.80. The molecule has 2 atom stereocenters. The lowest BCUT2D eigenvalue weighted by Crippen LogP contribution is -2.37. The molecule has 3 rings (SSSR count). The van der Waals surface area contributed by atoms with Crippen LogP contribution in [-0.4, -0.2) is 25.6 Å². The molecule has 1 saturated carbocycles. The van der Waals surface area contributed by atoms with Crippen LogP contribution in [0.15, 0.2) is 71.6 Å². The Labute approximate surface area is 192 Å². The van der Waals surface area contributed by atoms with Crippen LogP contribution in [0.1, 0.15) is 45.1 Å². The lowest BCUT2D eigenvalue weighted by Gasteiger charge is -2.23. The number of ether oxygens (including phenoxy) is 2. The van der Waals surface area contributed by atoms with Crippen molar-refractivity contribution in [2.45, 2.75) is 52.0 Å². The molecule has 0 saturated heterocycles. The first kappa shape index (κ1) is 24.2. The zero-order valence-corrected chi connectivity index (χ0v) is 20.1. The highest BCUT2D eigenvalue weighted by atomic mass is 31.1. The Balaban J connectivity index is 1.81. The number of allylic oxidation sites excluding steroid dienone is 2. The molecule has 2 aromatic carbocycles. The van der Waals surface area contributed by atoms with E-state index in [1.807, 2.05) is 60.7 Å². The fraction of sp³-hybridized carbons (Fsp3) is 0.423. The second kappa shape index (κ2) is 11.9. The van der Waals surface area contributed by atoms with Crippen molar-refractivity contribution >= 4 is 19.6 Å². The summed E-state index contributed by atoms with van der Waals surface area (Å²) in [5, 5.41) is 1.01. The smallest absolute Gasteiger partial charge is 0.414 e. The molecule has 1 aliphatic rings. The number of amides is 1. The lowest BCUT2D eigenvalue weighted by atomic mass is 10.1. The third kappa shape index (κ3) is 6.27. The fourth-order valence-corrected chi connectivity index (χ4v) is 5.98. The first-order valence-corrected chi connectivity index (χ1v) is 12.6. The number of carbonyl (C=O) groups excluding carboxylic acids is 1. The molecule has 5 nitrogen and oxygen atoms in total. The molecule has 32 heavy (non-hydrogen) atoms. The molecule has 0 N–H and O–H groups in total. The van der Waals surface area contributed by atoms with Gasteiger partial charge in [0.25, 0.3) is 5.85 Å². The summed E-state index contributed by atoms with van der Waals surface area (Å²) >= 11 is 0. The number of methoxy groups -OCH3 is 1. The van der Waals surface area contributed by atoms with Gasteiger partial charge >= 0.3 is 13.9 Å². The van der Waals surface area contributed by atoms with Crippen molar-refractivity contribution < 1.29 is 18.8 Å². The summed E-state index contributed by atoms with van der Waals surface area (Å²) in [6, 6.07) is 18.9. The van der Waals surface area contributed by atoms with Crippen LogP contribution in [0.25, 0.3) is 0 Å². The van der Waals surface area contributed by atoms with Crippen molar-refractivity contribution in [2.75, 3.05) is 18.6 Å². The summed E-state index contributed by atoms with van der Waals surface area (Å²) in [5.74, 6) is -0.431. The third-order valence-corrected chi connectivity index (χ3v) is 7.92. The summed E-state index contributed by atoms with van der Waals surface area (Å²) in [7, 11) is -0.238. The number of anilines is 1. The second-order valence-electron chi connectivity index (χ2n) is 8.35. The van der Waals surface area contributed by atoms with Crippen molar-refractivity contribution in [1.82, 2.24) is 0 Å². The zero-order valence-electron chi connectivity index (χ0n) is 19.2. The number of benzene rings is 2. The molecule has 6 heteroatoms. The number of rotatable bonds is 9. The molecule has 0 aromatic heterocycles. The topological polar surface area (TPSA) is 55.8 Å². The van der Waals surface area contributed by atoms with Crippen LogP contribution in [0, 0.1) is 5.92 Å². The number of hydrogen-bond donors (Lipinski definition) is 0. The van der Waals surface area contributed by atoms with Gasteiger partial charge in [0.1, 0.15) is 13.2 Å². The molecule has 2 unspecified atom stereocenters. The number of hydrogen-bond acceptors (Lipinski definition) is 4. The normalized spacial score (nSPS) is 14.9. The van der Waals surface area contributed by atoms with Crippen LogP contribution in [-0.2, 0) is 20.6 Å². The maximum absolute atomic E-state index is 13.7. The Kier molecular flexibility index (Phi) is 9.01. The van der Waals surface area contributed by atoms with Gasteiger partial charge in [0.05, 0.1) is 0 Å². The first-order chi connectivity index (χ1) is 15.5. The van der Waals surface area contributed by atoms with E-state index in [1.165, 1.54) is 10.5 Å². The average molecular weight is 455 g/mol. The van der Waals surface area contributed by atoms with E-state index in [2.05, 4.69) is 13.8 Å². The third-order valence-electron chi connectivity index (χ3n) is 5.72. The van der Waals surface area contributed by atoms with Gasteiger partial charge in [-0.15, -0.1) is 0 Å². The summed E-state index contributed by atoms with van der Waals surface area (Å²) in [6.07, 6.45) is 3.83. The van der Waals surface area contributed by atoms with Gasteiger partial charge in [-0.05, 0) is 49.0 Å². The van der Waals surface area contributed by atoms with Crippen molar-refractivity contribution in [3.63, 3.8) is 0 Å². The molecule has 0 spiro atoms. The molecule has 0 radical (unpaired) electrons. The number of carbonyl (C=O) groups is 1. The Morgan fingerprint density at radius 2 is 1.59 bits per heavy atom. The Morgan fingerprint density at radius 3 is 2.16 bits per heavy atom. The Hall–Kier alpha value is -2.49. The summed E-state index contributed by atoms with van der Waals surface area (Å²) in [5.41, 5.74) is 2.91. The largest absolute Gasteiger partial charge is 0.444 e. The Morgan fingerprint density at radius 1 is 1.00 bits per heavy atom. The molecule has 2 aromatic rings. The molecular formula is C26H33NO4P+. The monoisotopic (exact) mass is 454 g/mol. The van der Waals surface area contributed by atoms with Gasteiger partial charge in [0, 0.05) is 18.7 Å². The number of nitrogens with zero attached hydrogens (tertiary/aromatic N) is 1. The van der Waals surface area contributed by atoms with Gasteiger partial charge in [-0.25, -0.2) is 4.79 Å². The van der Waals surface area contributed by atoms with E-state index in [-0.39, 0.29) is 19.1 Å². The van der Waals surface area contributed by atoms with Crippen LogP contribution >= 0.6 is 7.80 Å². The van der Waals surface area contributed by atoms with Crippen LogP contribution < -0.4 is 4.90 Å². The molecule has 0 heterocycles. The van der Waals surface area contributed by atoms with Crippen molar-refractivity contribution in [3.8, 4) is 0 Å². The van der Waals surface area contributed by atoms with Gasteiger partial charge in [-0.3, -0.25) is 4.90 Å².